The second-order valence-electron chi connectivity index (χ2n) is 16.3. The molecule has 3 fully saturated rings. The molecular weight excluding hydrogens is 788 g/mol. The Balaban J connectivity index is 1.05. The highest BCUT2D eigenvalue weighted by Gasteiger charge is 2.50. The van der Waals surface area contributed by atoms with Crippen LogP contribution in [0.15, 0.2) is 54.6 Å². The van der Waals surface area contributed by atoms with Gasteiger partial charge >= 0.3 is 0 Å². The van der Waals surface area contributed by atoms with Crippen molar-refractivity contribution in [1.29, 1.82) is 10.5 Å². The summed E-state index contributed by atoms with van der Waals surface area (Å²) in [6, 6.07) is 19.5. The molecule has 1 unspecified atom stereocenters. The Labute approximate surface area is 355 Å². The van der Waals surface area contributed by atoms with E-state index in [9.17, 15) is 29.7 Å². The number of halogens is 1. The molecule has 0 aromatic heterocycles. The summed E-state index contributed by atoms with van der Waals surface area (Å²) in [6.45, 7) is 14.8. The van der Waals surface area contributed by atoms with Gasteiger partial charge in [-0.05, 0) is 112 Å². The SMILES string of the molecule is CC(C)c1cc(N2C(=S)N(c3ccc(C#N)c(Cl)c3)C(=O)C2(C)C)ccc1OCCN1C[C@@H](C)N(CC(=O)Nc2cc(C#N)cc(NC3CCC(=O)CC3=O)c2)[C@@H](C)C1. The van der Waals surface area contributed by atoms with Gasteiger partial charge in [-0.2, -0.15) is 10.5 Å². The minimum absolute atomic E-state index is 0.0662. The number of ether oxygens (including phenoxy) is 1. The maximum absolute atomic E-state index is 13.8. The van der Waals surface area contributed by atoms with Crippen LogP contribution in [0.1, 0.15) is 83.4 Å². The van der Waals surface area contributed by atoms with Gasteiger partial charge in [0, 0.05) is 55.2 Å². The zero-order valence-electron chi connectivity index (χ0n) is 34.2. The van der Waals surface area contributed by atoms with E-state index in [2.05, 4.69) is 54.2 Å². The van der Waals surface area contributed by atoms with E-state index < -0.39 is 11.6 Å². The minimum Gasteiger partial charge on any atom is -0.492 e. The number of anilines is 4. The van der Waals surface area contributed by atoms with Crippen molar-refractivity contribution < 1.29 is 23.9 Å². The largest absolute Gasteiger partial charge is 0.492 e. The van der Waals surface area contributed by atoms with Gasteiger partial charge in [-0.25, -0.2) is 0 Å². The molecule has 2 amide bonds. The average Bonchev–Trinajstić information content (AvgIpc) is 3.35. The van der Waals surface area contributed by atoms with Crippen LogP contribution in [0.2, 0.25) is 5.02 Å². The van der Waals surface area contributed by atoms with Crippen molar-refractivity contribution in [2.45, 2.75) is 90.4 Å². The number of hydrogen-bond donors (Lipinski definition) is 2. The lowest BCUT2D eigenvalue weighted by atomic mass is 9.93. The number of rotatable bonds is 12. The summed E-state index contributed by atoms with van der Waals surface area (Å²) in [4.78, 5) is 59.0. The van der Waals surface area contributed by atoms with Crippen LogP contribution in [-0.4, -0.2) is 94.7 Å². The fourth-order valence-corrected chi connectivity index (χ4v) is 8.87. The quantitative estimate of drug-likeness (QED) is 0.148. The Hall–Kier alpha value is -5.38. The summed E-state index contributed by atoms with van der Waals surface area (Å²) >= 11 is 12.2. The Morgan fingerprint density at radius 1 is 0.983 bits per heavy atom. The van der Waals surface area contributed by atoms with Crippen molar-refractivity contribution in [3.8, 4) is 17.9 Å². The van der Waals surface area contributed by atoms with E-state index in [1.54, 1.807) is 36.4 Å². The summed E-state index contributed by atoms with van der Waals surface area (Å²) in [6.07, 6.45) is 0.627. The van der Waals surface area contributed by atoms with Crippen molar-refractivity contribution in [2.75, 3.05) is 53.2 Å². The number of carbonyl (C=O) groups is 4. The number of piperazine rings is 1. The van der Waals surface area contributed by atoms with Crippen molar-refractivity contribution in [2.24, 2.45) is 0 Å². The normalized spacial score (nSPS) is 21.1. The molecular formula is C44H49ClN8O5S. The van der Waals surface area contributed by atoms with Crippen LogP contribution >= 0.6 is 23.8 Å². The van der Waals surface area contributed by atoms with Gasteiger partial charge in [0.05, 0.1) is 46.9 Å². The Morgan fingerprint density at radius 2 is 1.68 bits per heavy atom. The molecule has 1 saturated carbocycles. The van der Waals surface area contributed by atoms with Gasteiger partial charge in [0.25, 0.3) is 5.91 Å². The van der Waals surface area contributed by atoms with Crippen LogP contribution in [0.25, 0.3) is 0 Å². The predicted molar refractivity (Wildman–Crippen MR) is 232 cm³/mol. The lowest BCUT2D eigenvalue weighted by Crippen LogP contribution is -2.58. The standard InChI is InChI=1S/C44H49ClN8O5S/c1-26(2)36-18-34(53-43(59)52(42(57)44(53,5)6)33-8-7-30(22-47)37(45)19-33)9-12-40(36)58-14-13-50-23-27(3)51(28(4)24-50)25-41(56)49-32-16-29(21-46)15-31(17-32)48-38-11-10-35(54)20-39(38)55/h7-9,12,15-19,26-28,38,48H,10-11,13-14,20,23-25H2,1-6H3,(H,49,56)/t27-,28+,38?. The van der Waals surface area contributed by atoms with E-state index in [-0.39, 0.29) is 59.4 Å². The number of nitrogens with zero attached hydrogens (tertiary/aromatic N) is 6. The number of nitriles is 2. The van der Waals surface area contributed by atoms with Crippen LogP contribution in [-0.2, 0) is 19.2 Å². The first-order valence-electron chi connectivity index (χ1n) is 19.8. The van der Waals surface area contributed by atoms with E-state index in [4.69, 9.17) is 28.6 Å². The summed E-state index contributed by atoms with van der Waals surface area (Å²) in [5, 5.41) is 25.6. The number of Topliss-reactive ketones (excluding diaryl/α,β-unsaturated/α-hetero) is 2. The number of benzene rings is 3. The number of ketones is 2. The molecule has 2 N–H and O–H groups in total. The highest BCUT2D eigenvalue weighted by atomic mass is 35.5. The van der Waals surface area contributed by atoms with Gasteiger partial charge in [-0.1, -0.05) is 25.4 Å². The lowest BCUT2D eigenvalue weighted by molar-refractivity contribution is -0.130. The molecule has 0 spiro atoms. The summed E-state index contributed by atoms with van der Waals surface area (Å²) in [5.74, 6) is 0.209. The van der Waals surface area contributed by atoms with E-state index >= 15 is 0 Å². The van der Waals surface area contributed by atoms with Crippen LogP contribution in [0, 0.1) is 22.7 Å². The molecule has 2 aliphatic heterocycles. The molecule has 3 aromatic rings. The number of thiocarbonyl (C=S) groups is 1. The first-order chi connectivity index (χ1) is 28.0. The van der Waals surface area contributed by atoms with Gasteiger partial charge in [-0.15, -0.1) is 0 Å². The van der Waals surface area contributed by atoms with Gasteiger partial charge in [0.15, 0.2) is 10.9 Å². The van der Waals surface area contributed by atoms with Crippen molar-refractivity contribution >= 4 is 75.1 Å². The molecule has 3 atom stereocenters. The molecule has 1 aliphatic carbocycles. The fourth-order valence-electron chi connectivity index (χ4n) is 8.13. The highest BCUT2D eigenvalue weighted by molar-refractivity contribution is 7.81. The smallest absolute Gasteiger partial charge is 0.259 e. The molecule has 13 nitrogen and oxygen atoms in total. The van der Waals surface area contributed by atoms with E-state index in [1.807, 2.05) is 43.0 Å². The summed E-state index contributed by atoms with van der Waals surface area (Å²) < 4.78 is 6.41. The maximum Gasteiger partial charge on any atom is 0.259 e. The first kappa shape index (κ1) is 43.2. The topological polar surface area (TPSA) is 162 Å². The second-order valence-corrected chi connectivity index (χ2v) is 17.1. The zero-order chi connectivity index (χ0) is 42.8. The molecule has 6 rings (SSSR count). The van der Waals surface area contributed by atoms with Crippen molar-refractivity contribution in [3.63, 3.8) is 0 Å². The van der Waals surface area contributed by atoms with E-state index in [1.165, 1.54) is 4.90 Å². The van der Waals surface area contributed by atoms with Crippen LogP contribution < -0.4 is 25.2 Å². The third-order valence-electron chi connectivity index (χ3n) is 11.2. The summed E-state index contributed by atoms with van der Waals surface area (Å²) in [5.41, 5.74) is 2.90. The number of hydrogen-bond acceptors (Lipinski definition) is 11. The molecule has 0 radical (unpaired) electrons. The number of nitrogens with one attached hydrogen (secondary N) is 2. The highest BCUT2D eigenvalue weighted by Crippen LogP contribution is 2.40. The lowest BCUT2D eigenvalue weighted by Gasteiger charge is -2.44. The number of carbonyl (C=O) groups excluding carboxylic acids is 4. The van der Waals surface area contributed by atoms with E-state index in [0.717, 1.165) is 30.1 Å². The first-order valence-corrected chi connectivity index (χ1v) is 20.6. The monoisotopic (exact) mass is 836 g/mol. The molecule has 15 heteroatoms. The Kier molecular flexibility index (Phi) is 13.1. The average molecular weight is 837 g/mol. The molecule has 0 bridgehead atoms. The van der Waals surface area contributed by atoms with E-state index in [0.29, 0.717) is 59.3 Å². The van der Waals surface area contributed by atoms with Crippen LogP contribution in [0.3, 0.4) is 0 Å². The minimum atomic E-state index is -0.991. The molecule has 3 aliphatic rings. The Bertz CT molecular complexity index is 2260. The van der Waals surface area contributed by atoms with Crippen molar-refractivity contribution in [1.82, 2.24) is 9.80 Å². The summed E-state index contributed by atoms with van der Waals surface area (Å²) in [7, 11) is 0. The molecule has 308 valence electrons. The van der Waals surface area contributed by atoms with Crippen LogP contribution in [0.5, 0.6) is 5.75 Å². The number of amides is 2. The molecule has 2 heterocycles. The fraction of sp³-hybridized carbons (Fsp3) is 0.432. The maximum atomic E-state index is 13.8. The Morgan fingerprint density at radius 3 is 2.32 bits per heavy atom. The van der Waals surface area contributed by atoms with Gasteiger partial charge in [-0.3, -0.25) is 33.9 Å². The molecule has 2 saturated heterocycles. The van der Waals surface area contributed by atoms with Gasteiger partial charge in [0.1, 0.15) is 29.7 Å². The van der Waals surface area contributed by atoms with Gasteiger partial charge < -0.3 is 20.3 Å². The van der Waals surface area contributed by atoms with Crippen molar-refractivity contribution in [3.05, 3.63) is 76.3 Å². The predicted octanol–water partition coefficient (Wildman–Crippen LogP) is 6.64. The molecule has 3 aromatic carbocycles. The third kappa shape index (κ3) is 9.42. The van der Waals surface area contributed by atoms with Gasteiger partial charge in [0.2, 0.25) is 5.91 Å². The second kappa shape index (κ2) is 17.9. The molecule has 59 heavy (non-hydrogen) atoms. The van der Waals surface area contributed by atoms with Crippen LogP contribution in [0.4, 0.5) is 22.7 Å². The third-order valence-corrected chi connectivity index (χ3v) is 11.9. The zero-order valence-corrected chi connectivity index (χ0v) is 35.7.